The van der Waals surface area contributed by atoms with E-state index in [1.54, 1.807) is 7.11 Å². The fraction of sp³-hybridized carbons (Fsp3) is 0.500. The van der Waals surface area contributed by atoms with E-state index < -0.39 is 5.97 Å². The molecule has 1 aromatic heterocycles. The minimum atomic E-state index is -1.10. The summed E-state index contributed by atoms with van der Waals surface area (Å²) in [6.07, 6.45) is 0.608. The van der Waals surface area contributed by atoms with Gasteiger partial charge in [0.1, 0.15) is 10.7 Å². The number of carbonyl (C=O) groups is 1. The standard InChI is InChI=1S/C12H16ClNO4/c1-12(2,17-3)6-7-18-10-8(11(15)16)4-5-9(13)14-10/h4-5H,6-7H2,1-3H3,(H,15,16). The van der Waals surface area contributed by atoms with E-state index in [1.165, 1.54) is 12.1 Å². The lowest BCUT2D eigenvalue weighted by Crippen LogP contribution is -2.25. The summed E-state index contributed by atoms with van der Waals surface area (Å²) in [6.45, 7) is 4.13. The molecule has 0 aromatic carbocycles. The van der Waals surface area contributed by atoms with Gasteiger partial charge in [-0.15, -0.1) is 0 Å². The van der Waals surface area contributed by atoms with Gasteiger partial charge in [0.05, 0.1) is 12.2 Å². The van der Waals surface area contributed by atoms with Crippen molar-refractivity contribution in [2.45, 2.75) is 25.9 Å². The van der Waals surface area contributed by atoms with Gasteiger partial charge in [-0.25, -0.2) is 9.78 Å². The molecule has 100 valence electrons. The van der Waals surface area contributed by atoms with Crippen molar-refractivity contribution < 1.29 is 19.4 Å². The fourth-order valence-electron chi connectivity index (χ4n) is 1.19. The molecule has 0 radical (unpaired) electrons. The maximum absolute atomic E-state index is 11.0. The van der Waals surface area contributed by atoms with E-state index in [0.717, 1.165) is 0 Å². The Kier molecular flexibility index (Phi) is 4.93. The summed E-state index contributed by atoms with van der Waals surface area (Å²) in [5.41, 5.74) is -0.336. The summed E-state index contributed by atoms with van der Waals surface area (Å²) in [5.74, 6) is -1.07. The highest BCUT2D eigenvalue weighted by Gasteiger charge is 2.18. The first-order valence-electron chi connectivity index (χ1n) is 5.43. The lowest BCUT2D eigenvalue weighted by Gasteiger charge is -2.22. The van der Waals surface area contributed by atoms with E-state index in [2.05, 4.69) is 4.98 Å². The highest BCUT2D eigenvalue weighted by Crippen LogP contribution is 2.20. The van der Waals surface area contributed by atoms with E-state index in [4.69, 9.17) is 26.2 Å². The lowest BCUT2D eigenvalue weighted by atomic mass is 10.1. The van der Waals surface area contributed by atoms with E-state index in [9.17, 15) is 4.79 Å². The van der Waals surface area contributed by atoms with Crippen LogP contribution in [0.3, 0.4) is 0 Å². The topological polar surface area (TPSA) is 68.7 Å². The molecule has 0 saturated heterocycles. The summed E-state index contributed by atoms with van der Waals surface area (Å²) in [7, 11) is 1.61. The Morgan fingerprint density at radius 3 is 2.72 bits per heavy atom. The first-order chi connectivity index (χ1) is 8.35. The van der Waals surface area contributed by atoms with Crippen LogP contribution < -0.4 is 4.74 Å². The Labute approximate surface area is 111 Å². The SMILES string of the molecule is COC(C)(C)CCOc1nc(Cl)ccc1C(=O)O. The fourth-order valence-corrected chi connectivity index (χ4v) is 1.33. The number of methoxy groups -OCH3 is 1. The van der Waals surface area contributed by atoms with Crippen molar-refractivity contribution in [3.8, 4) is 5.88 Å². The zero-order valence-electron chi connectivity index (χ0n) is 10.6. The molecule has 0 spiro atoms. The molecule has 0 fully saturated rings. The van der Waals surface area contributed by atoms with Gasteiger partial charge in [0.15, 0.2) is 0 Å². The molecule has 0 bridgehead atoms. The van der Waals surface area contributed by atoms with Gasteiger partial charge in [0.2, 0.25) is 5.88 Å². The molecule has 6 heteroatoms. The summed E-state index contributed by atoms with van der Waals surface area (Å²) >= 11 is 5.71. The van der Waals surface area contributed by atoms with Crippen LogP contribution >= 0.6 is 11.6 Å². The average Bonchev–Trinajstić information content (AvgIpc) is 2.28. The number of pyridine rings is 1. The quantitative estimate of drug-likeness (QED) is 0.807. The normalized spacial score (nSPS) is 11.3. The number of carboxylic acid groups (broad SMARTS) is 1. The minimum Gasteiger partial charge on any atom is -0.477 e. The first kappa shape index (κ1) is 14.7. The molecule has 1 N–H and O–H groups in total. The third kappa shape index (κ3) is 4.16. The summed E-state index contributed by atoms with van der Waals surface area (Å²) in [6, 6.07) is 2.78. The van der Waals surface area contributed by atoms with Crippen LogP contribution in [-0.2, 0) is 4.74 Å². The van der Waals surface area contributed by atoms with E-state index in [0.29, 0.717) is 13.0 Å². The lowest BCUT2D eigenvalue weighted by molar-refractivity contribution is 0.00500. The molecule has 0 aliphatic heterocycles. The number of hydrogen-bond acceptors (Lipinski definition) is 4. The number of rotatable bonds is 6. The maximum Gasteiger partial charge on any atom is 0.341 e. The van der Waals surface area contributed by atoms with Crippen molar-refractivity contribution in [3.05, 3.63) is 22.8 Å². The molecular formula is C12H16ClNO4. The minimum absolute atomic E-state index is 0.00498. The Bertz CT molecular complexity index is 434. The predicted molar refractivity (Wildman–Crippen MR) is 67.4 cm³/mol. The zero-order valence-corrected chi connectivity index (χ0v) is 11.3. The van der Waals surface area contributed by atoms with Gasteiger partial charge in [0, 0.05) is 13.5 Å². The van der Waals surface area contributed by atoms with Crippen molar-refractivity contribution in [1.82, 2.24) is 4.98 Å². The van der Waals surface area contributed by atoms with Gasteiger partial charge in [-0.05, 0) is 26.0 Å². The molecule has 1 rings (SSSR count). The maximum atomic E-state index is 11.0. The third-order valence-corrected chi connectivity index (χ3v) is 2.76. The van der Waals surface area contributed by atoms with Crippen molar-refractivity contribution in [2.75, 3.05) is 13.7 Å². The van der Waals surface area contributed by atoms with Crippen LogP contribution in [0.2, 0.25) is 5.15 Å². The van der Waals surface area contributed by atoms with Gasteiger partial charge in [-0.3, -0.25) is 0 Å². The van der Waals surface area contributed by atoms with Gasteiger partial charge < -0.3 is 14.6 Å². The van der Waals surface area contributed by atoms with Gasteiger partial charge >= 0.3 is 5.97 Å². The smallest absolute Gasteiger partial charge is 0.341 e. The summed E-state index contributed by atoms with van der Waals surface area (Å²) in [4.78, 5) is 14.8. The third-order valence-electron chi connectivity index (χ3n) is 2.55. The molecule has 0 aliphatic carbocycles. The van der Waals surface area contributed by atoms with Gasteiger partial charge in [-0.2, -0.15) is 0 Å². The van der Waals surface area contributed by atoms with Crippen LogP contribution in [0.25, 0.3) is 0 Å². The molecule has 18 heavy (non-hydrogen) atoms. The second kappa shape index (κ2) is 6.02. The molecule has 5 nitrogen and oxygen atoms in total. The van der Waals surface area contributed by atoms with Gasteiger partial charge in [-0.1, -0.05) is 11.6 Å². The van der Waals surface area contributed by atoms with Crippen LogP contribution in [0.4, 0.5) is 0 Å². The number of nitrogens with zero attached hydrogens (tertiary/aromatic N) is 1. The summed E-state index contributed by atoms with van der Waals surface area (Å²) < 4.78 is 10.6. The Hall–Kier alpha value is -1.33. The predicted octanol–water partition coefficient (Wildman–Crippen LogP) is 2.63. The number of aromatic nitrogens is 1. The average molecular weight is 274 g/mol. The molecule has 0 unspecified atom stereocenters. The number of aromatic carboxylic acids is 1. The Morgan fingerprint density at radius 1 is 1.50 bits per heavy atom. The van der Waals surface area contributed by atoms with Crippen LogP contribution in [0.1, 0.15) is 30.6 Å². The molecule has 0 saturated carbocycles. The number of hydrogen-bond donors (Lipinski definition) is 1. The van der Waals surface area contributed by atoms with E-state index in [1.807, 2.05) is 13.8 Å². The van der Waals surface area contributed by atoms with Crippen LogP contribution in [0, 0.1) is 0 Å². The van der Waals surface area contributed by atoms with Crippen LogP contribution in [-0.4, -0.2) is 35.4 Å². The monoisotopic (exact) mass is 273 g/mol. The number of halogens is 1. The number of carboxylic acids is 1. The molecule has 0 aliphatic rings. The molecular weight excluding hydrogens is 258 g/mol. The Balaban J connectivity index is 2.72. The Morgan fingerprint density at radius 2 is 2.17 bits per heavy atom. The first-order valence-corrected chi connectivity index (χ1v) is 5.81. The molecule has 1 heterocycles. The second-order valence-electron chi connectivity index (χ2n) is 4.35. The highest BCUT2D eigenvalue weighted by molar-refractivity contribution is 6.29. The molecule has 0 atom stereocenters. The van der Waals surface area contributed by atoms with E-state index >= 15 is 0 Å². The summed E-state index contributed by atoms with van der Waals surface area (Å²) in [5, 5.41) is 9.17. The zero-order chi connectivity index (χ0) is 13.8. The molecule has 1 aromatic rings. The van der Waals surface area contributed by atoms with Crippen molar-refractivity contribution in [2.24, 2.45) is 0 Å². The highest BCUT2D eigenvalue weighted by atomic mass is 35.5. The van der Waals surface area contributed by atoms with Crippen molar-refractivity contribution >= 4 is 17.6 Å². The molecule has 0 amide bonds. The second-order valence-corrected chi connectivity index (χ2v) is 4.74. The van der Waals surface area contributed by atoms with Crippen molar-refractivity contribution in [1.29, 1.82) is 0 Å². The van der Waals surface area contributed by atoms with Crippen LogP contribution in [0.15, 0.2) is 12.1 Å². The largest absolute Gasteiger partial charge is 0.477 e. The van der Waals surface area contributed by atoms with Crippen molar-refractivity contribution in [3.63, 3.8) is 0 Å². The van der Waals surface area contributed by atoms with Gasteiger partial charge in [0.25, 0.3) is 0 Å². The number of ether oxygens (including phenoxy) is 2. The van der Waals surface area contributed by atoms with Crippen LogP contribution in [0.5, 0.6) is 5.88 Å². The van der Waals surface area contributed by atoms with E-state index in [-0.39, 0.29) is 22.2 Å².